The fourth-order valence-corrected chi connectivity index (χ4v) is 2.44. The topological polar surface area (TPSA) is 17.1 Å². The molecule has 1 aliphatic rings. The summed E-state index contributed by atoms with van der Waals surface area (Å²) >= 11 is 17.0. The molecular weight excluding hydrogens is 230 g/mol. The van der Waals surface area contributed by atoms with Gasteiger partial charge in [-0.3, -0.25) is 4.79 Å². The van der Waals surface area contributed by atoms with Gasteiger partial charge in [-0.15, -0.1) is 23.2 Å². The van der Waals surface area contributed by atoms with Crippen LogP contribution < -0.4 is 0 Å². The highest BCUT2D eigenvalue weighted by atomic mass is 35.5. The summed E-state index contributed by atoms with van der Waals surface area (Å²) in [5, 5.41) is -0.450. The van der Waals surface area contributed by atoms with Crippen molar-refractivity contribution < 1.29 is 4.79 Å². The van der Waals surface area contributed by atoms with Gasteiger partial charge in [0.25, 0.3) is 0 Å². The second kappa shape index (κ2) is 4.50. The lowest BCUT2D eigenvalue weighted by Gasteiger charge is -2.32. The van der Waals surface area contributed by atoms with Crippen molar-refractivity contribution in [1.82, 2.24) is 0 Å². The fraction of sp³-hybridized carbons (Fsp3) is 0.444. The van der Waals surface area contributed by atoms with Crippen LogP contribution in [-0.4, -0.2) is 17.0 Å². The Morgan fingerprint density at radius 2 is 2.08 bits per heavy atom. The van der Waals surface area contributed by atoms with E-state index in [9.17, 15) is 4.79 Å². The van der Waals surface area contributed by atoms with Crippen molar-refractivity contribution in [3.05, 3.63) is 24.3 Å². The highest BCUT2D eigenvalue weighted by Gasteiger charge is 2.41. The molecule has 0 amide bonds. The molecule has 1 rings (SSSR count). The maximum atomic E-state index is 11.3. The number of carbonyl (C=O) groups excluding carboxylic acids is 1. The van der Waals surface area contributed by atoms with Gasteiger partial charge in [0.2, 0.25) is 5.24 Å². The van der Waals surface area contributed by atoms with Gasteiger partial charge in [-0.2, -0.15) is 0 Å². The highest BCUT2D eigenvalue weighted by molar-refractivity contribution is 6.65. The summed E-state index contributed by atoms with van der Waals surface area (Å²) in [7, 11) is 0. The lowest BCUT2D eigenvalue weighted by Crippen LogP contribution is -2.37. The van der Waals surface area contributed by atoms with Crippen LogP contribution in [0.2, 0.25) is 0 Å². The molecule has 4 heteroatoms. The van der Waals surface area contributed by atoms with Gasteiger partial charge in [0.15, 0.2) is 0 Å². The van der Waals surface area contributed by atoms with Gasteiger partial charge in [0.05, 0.1) is 5.41 Å². The van der Waals surface area contributed by atoms with E-state index in [1.54, 1.807) is 12.2 Å². The summed E-state index contributed by atoms with van der Waals surface area (Å²) in [5.74, 6) is 0.390. The number of alkyl halides is 2. The number of hydrogen-bond donors (Lipinski definition) is 0. The second-order valence-electron chi connectivity index (χ2n) is 2.95. The minimum atomic E-state index is -0.820. The van der Waals surface area contributed by atoms with Gasteiger partial charge in [0.1, 0.15) is 0 Å². The summed E-state index contributed by atoms with van der Waals surface area (Å²) in [6.07, 6.45) is 7.20. The first-order valence-electron chi connectivity index (χ1n) is 3.85. The summed E-state index contributed by atoms with van der Waals surface area (Å²) in [5.41, 5.74) is -0.820. The summed E-state index contributed by atoms with van der Waals surface area (Å²) in [6.45, 7) is 0. The zero-order valence-corrected chi connectivity index (χ0v) is 9.11. The zero-order valence-electron chi connectivity index (χ0n) is 6.84. The molecule has 0 aromatic rings. The van der Waals surface area contributed by atoms with Crippen molar-refractivity contribution in [1.29, 1.82) is 0 Å². The molecular formula is C9H9Cl3O. The van der Waals surface area contributed by atoms with Gasteiger partial charge in [-0.25, -0.2) is 0 Å². The maximum absolute atomic E-state index is 11.3. The monoisotopic (exact) mass is 238 g/mol. The molecule has 72 valence electrons. The van der Waals surface area contributed by atoms with Gasteiger partial charge in [-0.05, 0) is 11.6 Å². The predicted molar refractivity (Wildman–Crippen MR) is 56.5 cm³/mol. The van der Waals surface area contributed by atoms with E-state index in [2.05, 4.69) is 0 Å². The Labute approximate surface area is 92.3 Å². The summed E-state index contributed by atoms with van der Waals surface area (Å²) in [6, 6.07) is 0. The third kappa shape index (κ3) is 1.93. The molecule has 2 unspecified atom stereocenters. The lowest BCUT2D eigenvalue weighted by molar-refractivity contribution is -0.118. The van der Waals surface area contributed by atoms with Crippen LogP contribution in [0.1, 0.15) is 0 Å². The van der Waals surface area contributed by atoms with Crippen LogP contribution in [0, 0.1) is 11.3 Å². The molecule has 0 bridgehead atoms. The molecule has 1 aliphatic carbocycles. The Morgan fingerprint density at radius 1 is 1.38 bits per heavy atom. The van der Waals surface area contributed by atoms with Crippen molar-refractivity contribution in [3.63, 3.8) is 0 Å². The van der Waals surface area contributed by atoms with Gasteiger partial charge >= 0.3 is 0 Å². The molecule has 0 saturated carbocycles. The molecule has 0 spiro atoms. The molecule has 0 aromatic heterocycles. The van der Waals surface area contributed by atoms with Crippen molar-refractivity contribution in [2.24, 2.45) is 11.3 Å². The molecule has 13 heavy (non-hydrogen) atoms. The van der Waals surface area contributed by atoms with Gasteiger partial charge in [-0.1, -0.05) is 24.3 Å². The SMILES string of the molecule is O=C(Cl)C1(CCl)C=CC=CC1CCl. The number of allylic oxidation sites excluding steroid dienone is 4. The van der Waals surface area contributed by atoms with Gasteiger partial charge in [0, 0.05) is 17.7 Å². The van der Waals surface area contributed by atoms with E-state index in [1.807, 2.05) is 12.2 Å². The average molecular weight is 240 g/mol. The largest absolute Gasteiger partial charge is 0.280 e. The first-order chi connectivity index (χ1) is 6.17. The molecule has 2 atom stereocenters. The Morgan fingerprint density at radius 3 is 2.46 bits per heavy atom. The molecule has 0 saturated heterocycles. The average Bonchev–Trinajstić information content (AvgIpc) is 2.17. The zero-order chi connectivity index (χ0) is 9.90. The Balaban J connectivity index is 3.02. The molecule has 0 heterocycles. The quantitative estimate of drug-likeness (QED) is 0.547. The molecule has 0 radical (unpaired) electrons. The molecule has 0 fully saturated rings. The molecule has 0 aromatic carbocycles. The molecule has 0 N–H and O–H groups in total. The highest BCUT2D eigenvalue weighted by Crippen LogP contribution is 2.37. The first-order valence-corrected chi connectivity index (χ1v) is 5.30. The molecule has 1 nitrogen and oxygen atoms in total. The Bertz CT molecular complexity index is 260. The van der Waals surface area contributed by atoms with E-state index in [1.165, 1.54) is 0 Å². The van der Waals surface area contributed by atoms with Crippen molar-refractivity contribution in [2.45, 2.75) is 0 Å². The van der Waals surface area contributed by atoms with Crippen LogP contribution in [0.25, 0.3) is 0 Å². The first kappa shape index (κ1) is 11.1. The van der Waals surface area contributed by atoms with E-state index in [-0.39, 0.29) is 11.8 Å². The van der Waals surface area contributed by atoms with Crippen molar-refractivity contribution in [3.8, 4) is 0 Å². The third-order valence-corrected chi connectivity index (χ3v) is 3.39. The minimum Gasteiger partial charge on any atom is -0.280 e. The van der Waals surface area contributed by atoms with Crippen LogP contribution in [0.5, 0.6) is 0 Å². The fourth-order valence-electron chi connectivity index (χ4n) is 1.32. The smallest absolute Gasteiger partial charge is 0.233 e. The van der Waals surface area contributed by atoms with Gasteiger partial charge < -0.3 is 0 Å². The number of carbonyl (C=O) groups is 1. The normalized spacial score (nSPS) is 32.1. The summed E-state index contributed by atoms with van der Waals surface area (Å²) in [4.78, 5) is 11.3. The summed E-state index contributed by atoms with van der Waals surface area (Å²) < 4.78 is 0. The van der Waals surface area contributed by atoms with E-state index >= 15 is 0 Å². The third-order valence-electron chi connectivity index (χ3n) is 2.26. The van der Waals surface area contributed by atoms with Crippen LogP contribution in [-0.2, 0) is 4.79 Å². The number of halogens is 3. The number of rotatable bonds is 3. The molecule has 0 aliphatic heterocycles. The second-order valence-corrected chi connectivity index (χ2v) is 3.87. The van der Waals surface area contributed by atoms with Crippen LogP contribution in [0.4, 0.5) is 0 Å². The van der Waals surface area contributed by atoms with E-state index < -0.39 is 10.7 Å². The Kier molecular flexibility index (Phi) is 3.84. The van der Waals surface area contributed by atoms with Crippen LogP contribution in [0.15, 0.2) is 24.3 Å². The van der Waals surface area contributed by atoms with Crippen LogP contribution >= 0.6 is 34.8 Å². The van der Waals surface area contributed by atoms with Crippen molar-refractivity contribution in [2.75, 3.05) is 11.8 Å². The van der Waals surface area contributed by atoms with Crippen LogP contribution in [0.3, 0.4) is 0 Å². The Hall–Kier alpha value is 0.0200. The number of hydrogen-bond acceptors (Lipinski definition) is 1. The minimum absolute atomic E-state index is 0.110. The maximum Gasteiger partial charge on any atom is 0.233 e. The van der Waals surface area contributed by atoms with E-state index in [0.29, 0.717) is 5.88 Å². The lowest BCUT2D eigenvalue weighted by atomic mass is 9.76. The van der Waals surface area contributed by atoms with E-state index in [0.717, 1.165) is 0 Å². The predicted octanol–water partition coefficient (Wildman–Crippen LogP) is 2.96. The van der Waals surface area contributed by atoms with E-state index in [4.69, 9.17) is 34.8 Å². The van der Waals surface area contributed by atoms with Crippen molar-refractivity contribution >= 4 is 40.0 Å². The standard InChI is InChI=1S/C9H9Cl3O/c10-5-7-3-1-2-4-9(7,6-11)8(12)13/h1-4,7H,5-6H2.